The molecule has 0 saturated carbocycles. The molecule has 0 aliphatic carbocycles. The third-order valence-corrected chi connectivity index (χ3v) is 1.66. The van der Waals surface area contributed by atoms with Gasteiger partial charge in [-0.3, -0.25) is 9.59 Å². The number of carbonyl (C=O) groups is 2. The molecular formula is C8H16N2O4. The van der Waals surface area contributed by atoms with Crippen LogP contribution in [0, 0.1) is 0 Å². The summed E-state index contributed by atoms with van der Waals surface area (Å²) < 4.78 is 0. The van der Waals surface area contributed by atoms with Gasteiger partial charge in [-0.25, -0.2) is 0 Å². The Morgan fingerprint density at radius 1 is 1.43 bits per heavy atom. The zero-order chi connectivity index (χ0) is 11.0. The van der Waals surface area contributed by atoms with Crippen molar-refractivity contribution in [3.63, 3.8) is 0 Å². The van der Waals surface area contributed by atoms with Gasteiger partial charge < -0.3 is 21.3 Å². The average molecular weight is 204 g/mol. The van der Waals surface area contributed by atoms with E-state index in [0.29, 0.717) is 13.0 Å². The first-order valence-electron chi connectivity index (χ1n) is 4.44. The number of rotatable bonds is 7. The van der Waals surface area contributed by atoms with Crippen molar-refractivity contribution in [1.82, 2.24) is 5.32 Å². The summed E-state index contributed by atoms with van der Waals surface area (Å²) in [6, 6.07) is -0.987. The number of hydrogen-bond donors (Lipinski definition) is 4. The van der Waals surface area contributed by atoms with Crippen molar-refractivity contribution in [3.8, 4) is 0 Å². The summed E-state index contributed by atoms with van der Waals surface area (Å²) in [6.07, 6.45) is 0.718. The lowest BCUT2D eigenvalue weighted by molar-refractivity contribution is -0.138. The topological polar surface area (TPSA) is 113 Å². The fourth-order valence-electron chi connectivity index (χ4n) is 0.805. The molecule has 82 valence electrons. The smallest absolute Gasteiger partial charge is 0.320 e. The lowest BCUT2D eigenvalue weighted by Crippen LogP contribution is -2.33. The van der Waals surface area contributed by atoms with Crippen LogP contribution >= 0.6 is 0 Å². The molecule has 5 N–H and O–H groups in total. The van der Waals surface area contributed by atoms with Crippen molar-refractivity contribution >= 4 is 11.9 Å². The maximum atomic E-state index is 11.0. The van der Waals surface area contributed by atoms with Crippen LogP contribution in [0.25, 0.3) is 0 Å². The van der Waals surface area contributed by atoms with Crippen LogP contribution in [0.1, 0.15) is 19.3 Å². The Labute approximate surface area is 82.1 Å². The Hall–Kier alpha value is -1.14. The van der Waals surface area contributed by atoms with Crippen LogP contribution in [0.15, 0.2) is 0 Å². The molecule has 1 amide bonds. The summed E-state index contributed by atoms with van der Waals surface area (Å²) in [7, 11) is 0. The minimum Gasteiger partial charge on any atom is -0.480 e. The first kappa shape index (κ1) is 12.9. The fraction of sp³-hybridized carbons (Fsp3) is 0.750. The van der Waals surface area contributed by atoms with Crippen LogP contribution in [0.5, 0.6) is 0 Å². The molecule has 0 aliphatic heterocycles. The van der Waals surface area contributed by atoms with E-state index in [1.54, 1.807) is 0 Å². The van der Waals surface area contributed by atoms with Crippen LogP contribution in [0.2, 0.25) is 0 Å². The Morgan fingerprint density at radius 2 is 2.07 bits per heavy atom. The van der Waals surface area contributed by atoms with Gasteiger partial charge in [0.2, 0.25) is 5.91 Å². The van der Waals surface area contributed by atoms with Crippen molar-refractivity contribution in [2.45, 2.75) is 25.3 Å². The van der Waals surface area contributed by atoms with E-state index in [1.165, 1.54) is 0 Å². The van der Waals surface area contributed by atoms with E-state index in [4.69, 9.17) is 15.9 Å². The third kappa shape index (κ3) is 6.38. The van der Waals surface area contributed by atoms with Gasteiger partial charge in [-0.05, 0) is 12.8 Å². The van der Waals surface area contributed by atoms with Gasteiger partial charge in [0.1, 0.15) is 6.04 Å². The molecule has 0 heterocycles. The summed E-state index contributed by atoms with van der Waals surface area (Å²) in [5.41, 5.74) is 5.20. The average Bonchev–Trinajstić information content (AvgIpc) is 2.14. The van der Waals surface area contributed by atoms with Crippen LogP contribution in [-0.2, 0) is 9.59 Å². The molecule has 0 rings (SSSR count). The number of aliphatic hydroxyl groups is 1. The molecule has 0 saturated heterocycles. The lowest BCUT2D eigenvalue weighted by atomic mass is 10.1. The number of aliphatic carboxylic acids is 1. The molecule has 0 aromatic heterocycles. The van der Waals surface area contributed by atoms with E-state index in [-0.39, 0.29) is 25.4 Å². The summed E-state index contributed by atoms with van der Waals surface area (Å²) >= 11 is 0. The van der Waals surface area contributed by atoms with Gasteiger partial charge in [0.05, 0.1) is 0 Å². The van der Waals surface area contributed by atoms with Gasteiger partial charge >= 0.3 is 5.97 Å². The van der Waals surface area contributed by atoms with E-state index < -0.39 is 12.0 Å². The Balaban J connectivity index is 3.48. The highest BCUT2D eigenvalue weighted by Crippen LogP contribution is 1.94. The van der Waals surface area contributed by atoms with E-state index in [2.05, 4.69) is 5.32 Å². The first-order valence-corrected chi connectivity index (χ1v) is 4.44. The molecular weight excluding hydrogens is 188 g/mol. The van der Waals surface area contributed by atoms with Crippen molar-refractivity contribution in [1.29, 1.82) is 0 Å². The number of carboxylic acid groups (broad SMARTS) is 1. The van der Waals surface area contributed by atoms with E-state index in [0.717, 1.165) is 0 Å². The Morgan fingerprint density at radius 3 is 2.57 bits per heavy atom. The number of carboxylic acids is 1. The molecule has 0 radical (unpaired) electrons. The molecule has 0 spiro atoms. The number of carbonyl (C=O) groups excluding carboxylic acids is 1. The number of nitrogens with one attached hydrogen (secondary N) is 1. The highest BCUT2D eigenvalue weighted by Gasteiger charge is 2.12. The monoisotopic (exact) mass is 204 g/mol. The van der Waals surface area contributed by atoms with Gasteiger partial charge in [0.25, 0.3) is 0 Å². The zero-order valence-electron chi connectivity index (χ0n) is 7.90. The maximum Gasteiger partial charge on any atom is 0.320 e. The molecule has 0 bridgehead atoms. The van der Waals surface area contributed by atoms with E-state index >= 15 is 0 Å². The molecule has 0 aromatic rings. The van der Waals surface area contributed by atoms with Crippen LogP contribution < -0.4 is 11.1 Å². The van der Waals surface area contributed by atoms with E-state index in [9.17, 15) is 9.59 Å². The summed E-state index contributed by atoms with van der Waals surface area (Å²) in [5.74, 6) is -1.34. The first-order chi connectivity index (χ1) is 6.57. The zero-order valence-corrected chi connectivity index (χ0v) is 7.90. The lowest BCUT2D eigenvalue weighted by Gasteiger charge is -2.06. The van der Waals surface area contributed by atoms with Crippen LogP contribution in [0.4, 0.5) is 0 Å². The van der Waals surface area contributed by atoms with Crippen LogP contribution in [-0.4, -0.2) is 41.3 Å². The predicted octanol–water partition coefficient (Wildman–Crippen LogP) is -1.32. The highest BCUT2D eigenvalue weighted by molar-refractivity contribution is 5.78. The predicted molar refractivity (Wildman–Crippen MR) is 49.6 cm³/mol. The van der Waals surface area contributed by atoms with E-state index in [1.807, 2.05) is 0 Å². The van der Waals surface area contributed by atoms with Crippen molar-refractivity contribution < 1.29 is 19.8 Å². The summed E-state index contributed by atoms with van der Waals surface area (Å²) in [4.78, 5) is 21.3. The molecule has 0 unspecified atom stereocenters. The normalized spacial score (nSPS) is 12.1. The number of aliphatic hydroxyl groups excluding tert-OH is 1. The second-order valence-electron chi connectivity index (χ2n) is 2.91. The maximum absolute atomic E-state index is 11.0. The molecule has 14 heavy (non-hydrogen) atoms. The van der Waals surface area contributed by atoms with Gasteiger partial charge in [-0.1, -0.05) is 0 Å². The quantitative estimate of drug-likeness (QED) is 0.384. The largest absolute Gasteiger partial charge is 0.480 e. The van der Waals surface area contributed by atoms with Gasteiger partial charge in [0.15, 0.2) is 0 Å². The minimum absolute atomic E-state index is 0.0227. The van der Waals surface area contributed by atoms with Gasteiger partial charge in [-0.15, -0.1) is 0 Å². The summed E-state index contributed by atoms with van der Waals surface area (Å²) in [5, 5.41) is 19.4. The standard InChI is InChI=1S/C8H16N2O4/c9-6(8(13)14)2-3-7(12)10-4-1-5-11/h6,11H,1-5,9H2,(H,10,12)(H,13,14)/t6-/m0/s1. The fourth-order valence-corrected chi connectivity index (χ4v) is 0.805. The van der Waals surface area contributed by atoms with Crippen molar-refractivity contribution in [3.05, 3.63) is 0 Å². The van der Waals surface area contributed by atoms with Crippen molar-refractivity contribution in [2.24, 2.45) is 5.73 Å². The second kappa shape index (κ2) is 7.28. The molecule has 0 aromatic carbocycles. The molecule has 1 atom stereocenters. The number of nitrogens with two attached hydrogens (primary N) is 1. The Kier molecular flexibility index (Phi) is 6.69. The molecule has 0 fully saturated rings. The minimum atomic E-state index is -1.10. The molecule has 6 nitrogen and oxygen atoms in total. The third-order valence-electron chi connectivity index (χ3n) is 1.66. The highest BCUT2D eigenvalue weighted by atomic mass is 16.4. The summed E-state index contributed by atoms with van der Waals surface area (Å²) in [6.45, 7) is 0.423. The SMILES string of the molecule is N[C@@H](CCC(=O)NCCCO)C(=O)O. The number of amides is 1. The Bertz CT molecular complexity index is 196. The molecule has 0 aliphatic rings. The second-order valence-corrected chi connectivity index (χ2v) is 2.91. The van der Waals surface area contributed by atoms with Gasteiger partial charge in [0, 0.05) is 19.6 Å². The van der Waals surface area contributed by atoms with Gasteiger partial charge in [-0.2, -0.15) is 0 Å². The molecule has 6 heteroatoms. The van der Waals surface area contributed by atoms with Crippen molar-refractivity contribution in [2.75, 3.05) is 13.2 Å². The van der Waals surface area contributed by atoms with Crippen LogP contribution in [0.3, 0.4) is 0 Å². The number of hydrogen-bond acceptors (Lipinski definition) is 4.